The van der Waals surface area contributed by atoms with Crippen LogP contribution in [0, 0.1) is 0 Å². The fourth-order valence-electron chi connectivity index (χ4n) is 19.1. The fourth-order valence-corrected chi connectivity index (χ4v) is 26.3. The summed E-state index contributed by atoms with van der Waals surface area (Å²) >= 11 is 10.7. The second kappa shape index (κ2) is 40.5. The van der Waals surface area contributed by atoms with Gasteiger partial charge >= 0.3 is 6.09 Å². The molecule has 0 saturated carbocycles. The van der Waals surface area contributed by atoms with Crippen LogP contribution in [0.2, 0.25) is 0 Å². The monoisotopic (exact) mass is 1840 g/mol. The van der Waals surface area contributed by atoms with Gasteiger partial charge in [0.25, 0.3) is 0 Å². The van der Waals surface area contributed by atoms with Crippen molar-refractivity contribution >= 4 is 111 Å². The Kier molecular flexibility index (Phi) is 27.5. The number of rotatable bonds is 17. The number of carbonyl (C=O) groups excluding carboxylic acids is 1. The molecule has 9 saturated heterocycles. The number of nitrogens with one attached hydrogen (secondary N) is 7. The van der Waals surface area contributed by atoms with Crippen LogP contribution in [0.4, 0.5) is 38.9 Å². The molecule has 7 aromatic carbocycles. The number of pyridine rings is 3. The first-order chi connectivity index (χ1) is 62.9. The van der Waals surface area contributed by atoms with Crippen molar-refractivity contribution in [3.05, 3.63) is 213 Å². The highest BCUT2D eigenvalue weighted by Crippen LogP contribution is 2.56. The Balaban J connectivity index is 0.000000122. The summed E-state index contributed by atoms with van der Waals surface area (Å²) in [5.41, 5.74) is 12.6. The molecular weight excluding hydrogens is 1730 g/mol. The summed E-state index contributed by atoms with van der Waals surface area (Å²) in [6.45, 7) is 24.7. The zero-order valence-corrected chi connectivity index (χ0v) is 76.5. The number of hydrogen-bond acceptors (Lipinski definition) is 28. The molecule has 668 valence electrons. The summed E-state index contributed by atoms with van der Waals surface area (Å²) in [6, 6.07) is 62.2. The van der Waals surface area contributed by atoms with Crippen molar-refractivity contribution in [2.45, 2.75) is 102 Å². The van der Waals surface area contributed by atoms with Crippen LogP contribution in [-0.4, -0.2) is 286 Å². The van der Waals surface area contributed by atoms with Crippen LogP contribution in [-0.2, 0) is 39.8 Å². The lowest BCUT2D eigenvalue weighted by Gasteiger charge is -2.35. The molecule has 128 heavy (non-hydrogen) atoms. The molecule has 12 aliphatic rings. The lowest BCUT2D eigenvalue weighted by atomic mass is 10.1. The zero-order chi connectivity index (χ0) is 86.4. The van der Waals surface area contributed by atoms with E-state index in [1.54, 1.807) is 77.0 Å². The Morgan fingerprint density at radius 3 is 1.13 bits per heavy atom. The lowest BCUT2D eigenvalue weighted by molar-refractivity contribution is 0.0166. The fraction of sp³-hybridized carbons (Fsp3) is 0.396. The summed E-state index contributed by atoms with van der Waals surface area (Å²) in [6.07, 6.45) is -0.284. The Morgan fingerprint density at radius 1 is 0.359 bits per heavy atom. The first-order valence-corrected chi connectivity index (χ1v) is 49.5. The molecule has 0 aliphatic carbocycles. The quantitative estimate of drug-likeness (QED) is 0.0447. The molecule has 10 aromatic rings. The van der Waals surface area contributed by atoms with Gasteiger partial charge in [-0.05, 0) is 104 Å². The van der Waals surface area contributed by atoms with Crippen LogP contribution in [0.1, 0.15) is 5.56 Å². The number of anilines is 6. The van der Waals surface area contributed by atoms with Crippen molar-refractivity contribution < 1.29 is 38.0 Å². The van der Waals surface area contributed by atoms with Gasteiger partial charge in [-0.15, -0.1) is 0 Å². The van der Waals surface area contributed by atoms with Gasteiger partial charge in [0.05, 0.1) is 114 Å². The van der Waals surface area contributed by atoms with Gasteiger partial charge in [0, 0.05) is 264 Å². The van der Waals surface area contributed by atoms with E-state index in [0.29, 0.717) is 90.1 Å². The Labute approximate surface area is 770 Å². The minimum absolute atomic E-state index is 0.0381. The second-order valence-electron chi connectivity index (χ2n) is 33.9. The van der Waals surface area contributed by atoms with Crippen LogP contribution in [0.25, 0.3) is 33.8 Å². The van der Waals surface area contributed by atoms with Gasteiger partial charge < -0.3 is 93.9 Å². The number of aromatic nitrogens is 3. The van der Waals surface area contributed by atoms with Crippen molar-refractivity contribution in [2.24, 2.45) is 0 Å². The SMILES string of the molecule is CN1CC(Nc2ccc3c(c2)Sc2cccc(-c4cc(N5CCOCC5)cc(=O)[nH]4)c2S3)[C@H](N2CCOCC2)C1.O=C(OCc1ccccc1)N1CC(Nc2ccc3c(c2)Sc2cccc(-c4cc(N5CCOCC5)cc(=O)[nH]4)c2S3)[C@H](N2CCOCC2)C1.O=c1cc(N2CCOCC2)cc(-c2cccc3c2Sc2ccc(NC4CNC[C@H]4N4CCOCC4)cc2S3)[nH]1. The van der Waals surface area contributed by atoms with Crippen LogP contribution in [0.5, 0.6) is 0 Å². The molecule has 22 rings (SSSR count). The number of likely N-dealkylation sites (tertiary alicyclic amines) is 2. The number of H-pyrrole nitrogens is 3. The summed E-state index contributed by atoms with van der Waals surface area (Å²) in [5, 5.41) is 15.1. The van der Waals surface area contributed by atoms with Crippen molar-refractivity contribution in [1.29, 1.82) is 0 Å². The standard InChI is InChI=1S/C37H39N5O5S2.C30H35N5O3S2.C29H33N5O3S2/c43-35-21-27(40-11-15-45-16-12-40)20-29(39-35)28-7-4-8-33-36(28)49-32-10-9-26(19-34(32)48-33)38-30-22-42(23-31(30)41-13-17-46-18-14-41)37(44)47-24-25-5-2-1-3-6-25;1-33-18-24(25(19-33)35-9-13-38-14-10-35)31-20-5-6-26-28(15-20)39-27-4-2-3-22(30(27)40-26)23-16-21(17-29(36)32-23)34-7-11-37-12-8-34;35-28-16-20(33-6-10-36-11-7-33)15-22(32-28)21-2-1-3-26-29(21)39-25-5-4-19(14-27(25)38-26)31-23-17-30-18-24(23)34-8-12-37-13-9-34/h1-10,19-21,30-31,38H,11-18,22-24H2,(H,39,43);2-6,15-17,24-25,31H,7-14,18-19H2,1H3,(H,32,36);1-5,14-16,23-24,30-31H,6-13,17-18H2,(H,32,35)/t30?,31-;24?,25-;23?,24-/m111/s1. The largest absolute Gasteiger partial charge is 0.445 e. The third kappa shape index (κ3) is 20.3. The molecule has 0 spiro atoms. The number of hydrogen-bond donors (Lipinski definition) is 7. The van der Waals surface area contributed by atoms with Gasteiger partial charge in [0.1, 0.15) is 6.61 Å². The van der Waals surface area contributed by atoms with Gasteiger partial charge in [-0.2, -0.15) is 0 Å². The van der Waals surface area contributed by atoms with E-state index in [4.69, 9.17) is 33.2 Å². The molecule has 0 radical (unpaired) electrons. The van der Waals surface area contributed by atoms with Crippen molar-refractivity contribution in [2.75, 3.05) is 235 Å². The molecule has 12 aliphatic heterocycles. The minimum atomic E-state index is -0.284. The highest BCUT2D eigenvalue weighted by atomic mass is 32.2. The Bertz CT molecular complexity index is 5800. The second-order valence-corrected chi connectivity index (χ2v) is 40.3. The minimum Gasteiger partial charge on any atom is -0.445 e. The number of nitrogens with zero attached hydrogens (tertiary/aromatic N) is 8. The number of ether oxygens (including phenoxy) is 7. The third-order valence-electron chi connectivity index (χ3n) is 25.6. The highest BCUT2D eigenvalue weighted by molar-refractivity contribution is 8.06. The third-order valence-corrected chi connectivity index (χ3v) is 33.3. The maximum Gasteiger partial charge on any atom is 0.410 e. The molecule has 0 bridgehead atoms. The van der Waals surface area contributed by atoms with E-state index in [2.05, 4.69) is 205 Å². The molecule has 3 unspecified atom stereocenters. The lowest BCUT2D eigenvalue weighted by Crippen LogP contribution is -2.51. The smallest absolute Gasteiger partial charge is 0.410 e. The van der Waals surface area contributed by atoms with Crippen LogP contribution in [0.15, 0.2) is 249 Å². The van der Waals surface area contributed by atoms with Gasteiger partial charge in [0.15, 0.2) is 0 Å². The van der Waals surface area contributed by atoms with Gasteiger partial charge in [-0.3, -0.25) is 29.1 Å². The topological polar surface area (TPSA) is 254 Å². The maximum atomic E-state index is 13.2. The normalized spacial score (nSPS) is 22.4. The summed E-state index contributed by atoms with van der Waals surface area (Å²) in [5.74, 6) is 0. The number of fused-ring (bicyclic) bond motifs is 6. The van der Waals surface area contributed by atoms with Crippen molar-refractivity contribution in [3.8, 4) is 33.8 Å². The van der Waals surface area contributed by atoms with Crippen molar-refractivity contribution in [1.82, 2.24) is 44.8 Å². The maximum absolute atomic E-state index is 13.2. The van der Waals surface area contributed by atoms with E-state index in [-0.39, 0.29) is 41.5 Å². The summed E-state index contributed by atoms with van der Waals surface area (Å²) in [7, 11) is 2.22. The number of carbonyl (C=O) groups is 1. The zero-order valence-electron chi connectivity index (χ0n) is 71.6. The number of likely N-dealkylation sites (N-methyl/N-ethyl adjacent to an activating group) is 1. The van der Waals surface area contributed by atoms with Crippen LogP contribution >= 0.6 is 70.6 Å². The van der Waals surface area contributed by atoms with Crippen molar-refractivity contribution in [3.63, 3.8) is 0 Å². The number of aromatic amines is 3. The molecule has 9 fully saturated rings. The summed E-state index contributed by atoms with van der Waals surface area (Å²) in [4.78, 5) is 93.6. The first-order valence-electron chi connectivity index (χ1n) is 44.6. The first kappa shape index (κ1) is 87.1. The average molecular weight is 1840 g/mol. The number of benzene rings is 7. The predicted molar refractivity (Wildman–Crippen MR) is 510 cm³/mol. The van der Waals surface area contributed by atoms with Gasteiger partial charge in [-0.1, -0.05) is 137 Å². The van der Waals surface area contributed by atoms with Gasteiger partial charge in [0.2, 0.25) is 16.7 Å². The van der Waals surface area contributed by atoms with Crippen LogP contribution < -0.4 is 52.6 Å². The van der Waals surface area contributed by atoms with Gasteiger partial charge in [-0.25, -0.2) is 4.79 Å². The molecule has 1 amide bonds. The molecule has 7 N–H and O–H groups in total. The van der Waals surface area contributed by atoms with Crippen LogP contribution in [0.3, 0.4) is 0 Å². The highest BCUT2D eigenvalue weighted by Gasteiger charge is 2.42. The molecular formula is C96H107N15O11S6. The molecule has 3 aromatic heterocycles. The predicted octanol–water partition coefficient (Wildman–Crippen LogP) is 13.1. The van der Waals surface area contributed by atoms with E-state index in [1.807, 2.05) is 47.0 Å². The molecule has 26 nitrogen and oxygen atoms in total. The number of amides is 1. The van der Waals surface area contributed by atoms with E-state index >= 15 is 0 Å². The Hall–Kier alpha value is -8.88. The van der Waals surface area contributed by atoms with E-state index < -0.39 is 0 Å². The Morgan fingerprint density at radius 2 is 0.727 bits per heavy atom. The molecule has 32 heteroatoms. The molecule has 15 heterocycles. The van der Waals surface area contributed by atoms with E-state index in [0.717, 1.165) is 209 Å². The van der Waals surface area contributed by atoms with E-state index in [1.165, 1.54) is 54.6 Å². The molecule has 6 atom stereocenters. The average Bonchev–Trinajstić information content (AvgIpc) is 0.876. The summed E-state index contributed by atoms with van der Waals surface area (Å²) < 4.78 is 39.1. The van der Waals surface area contributed by atoms with E-state index in [9.17, 15) is 19.2 Å². The number of morpholine rings is 6.